The van der Waals surface area contributed by atoms with Gasteiger partial charge in [-0.05, 0) is 62.2 Å². The van der Waals surface area contributed by atoms with E-state index in [2.05, 4.69) is 10.3 Å². The molecule has 6 atom stereocenters. The number of aromatic hydroxyl groups is 1. The number of rotatable bonds is 7. The zero-order chi connectivity index (χ0) is 33.2. The number of nitrogens with one attached hydrogen (secondary N) is 1. The van der Waals surface area contributed by atoms with Crippen LogP contribution in [0.1, 0.15) is 34.3 Å². The second-order valence-electron chi connectivity index (χ2n) is 12.0. The van der Waals surface area contributed by atoms with E-state index in [1.165, 1.54) is 37.3 Å². The summed E-state index contributed by atoms with van der Waals surface area (Å²) in [4.78, 5) is 72.1. The van der Waals surface area contributed by atoms with E-state index in [-0.39, 0.29) is 36.1 Å². The molecule has 0 bridgehead atoms. The van der Waals surface area contributed by atoms with Crippen molar-refractivity contribution >= 4 is 29.0 Å². The number of nitrogens with zero attached hydrogens (tertiary/aromatic N) is 2. The lowest BCUT2D eigenvalue weighted by atomic mass is 9.52. The van der Waals surface area contributed by atoms with Gasteiger partial charge in [0.1, 0.15) is 5.75 Å². The summed E-state index contributed by atoms with van der Waals surface area (Å²) in [5.74, 6) is -13.2. The molecule has 5 N–H and O–H groups in total. The van der Waals surface area contributed by atoms with Crippen molar-refractivity contribution in [2.75, 3.05) is 20.6 Å². The minimum absolute atomic E-state index is 0.00250. The predicted molar refractivity (Wildman–Crippen MR) is 147 cm³/mol. The summed E-state index contributed by atoms with van der Waals surface area (Å²) in [7, 11) is 2.94. The van der Waals surface area contributed by atoms with E-state index in [0.717, 1.165) is 6.07 Å². The Bertz CT molecular complexity index is 1610. The molecule has 0 saturated heterocycles. The number of Topliss-reactive ketones (excluding diaryl/α,β-unsaturated/α-hetero) is 4. The summed E-state index contributed by atoms with van der Waals surface area (Å²) in [6.07, 6.45) is -4.67. The van der Waals surface area contributed by atoms with Crippen LogP contribution in [0.4, 0.5) is 17.6 Å². The van der Waals surface area contributed by atoms with E-state index in [1.54, 1.807) is 0 Å². The summed E-state index contributed by atoms with van der Waals surface area (Å²) < 4.78 is 51.8. The molecule has 45 heavy (non-hydrogen) atoms. The molecular weight excluding hydrogens is 604 g/mol. The van der Waals surface area contributed by atoms with E-state index in [4.69, 9.17) is 5.73 Å². The number of ketones is 4. The molecule has 1 heterocycles. The molecule has 5 rings (SSSR count). The van der Waals surface area contributed by atoms with Gasteiger partial charge in [-0.2, -0.15) is 17.6 Å². The largest absolute Gasteiger partial charge is 0.507 e. The van der Waals surface area contributed by atoms with Crippen LogP contribution in [-0.4, -0.2) is 87.6 Å². The molecule has 2 aromatic rings. The monoisotopic (exact) mass is 634 g/mol. The normalized spacial score (nSPS) is 28.1. The number of hydrogen-bond donors (Lipinski definition) is 4. The van der Waals surface area contributed by atoms with E-state index in [1.807, 2.05) is 0 Å². The first kappa shape index (κ1) is 32.3. The van der Waals surface area contributed by atoms with Crippen molar-refractivity contribution in [3.05, 3.63) is 47.0 Å². The second-order valence-corrected chi connectivity index (χ2v) is 12.0. The fourth-order valence-corrected chi connectivity index (χ4v) is 7.11. The molecular formula is C30H30F4N4O7. The van der Waals surface area contributed by atoms with Gasteiger partial charge in [0.05, 0.1) is 23.9 Å². The van der Waals surface area contributed by atoms with Crippen LogP contribution in [-0.2, 0) is 32.1 Å². The third-order valence-corrected chi connectivity index (χ3v) is 9.08. The average Bonchev–Trinajstić information content (AvgIpc) is 2.93. The van der Waals surface area contributed by atoms with Crippen LogP contribution in [0.5, 0.6) is 5.75 Å². The predicted octanol–water partition coefficient (Wildman–Crippen LogP) is 1.11. The Morgan fingerprint density at radius 3 is 2.44 bits per heavy atom. The number of alkyl halides is 3. The van der Waals surface area contributed by atoms with Gasteiger partial charge in [-0.25, -0.2) is 4.98 Å². The van der Waals surface area contributed by atoms with Crippen LogP contribution in [0.3, 0.4) is 0 Å². The first-order valence-electron chi connectivity index (χ1n) is 14.1. The summed E-state index contributed by atoms with van der Waals surface area (Å²) in [6, 6.07) is 2.59. The lowest BCUT2D eigenvalue weighted by Gasteiger charge is -2.52. The third-order valence-electron chi connectivity index (χ3n) is 9.08. The average molecular weight is 635 g/mol. The van der Waals surface area contributed by atoms with Gasteiger partial charge in [-0.15, -0.1) is 0 Å². The highest BCUT2D eigenvalue weighted by molar-refractivity contribution is 6.32. The maximum atomic E-state index is 14.1. The SMILES string of the molecule is CN(C)[C@@H]1C(=O)C(C(N)=O)C(=O)[C@@]2(O)C(=O)C3C(=O)c4c(O)c(CNCCC(F)(F)F)cc(-c5ccc(F)nc5)c4C[C@H]3C[C@@H]12. The minimum Gasteiger partial charge on any atom is -0.507 e. The smallest absolute Gasteiger partial charge is 0.390 e. The molecule has 3 aliphatic carbocycles. The van der Waals surface area contributed by atoms with Crippen LogP contribution in [0.15, 0.2) is 24.4 Å². The van der Waals surface area contributed by atoms with Gasteiger partial charge in [-0.1, -0.05) is 0 Å². The van der Waals surface area contributed by atoms with E-state index in [9.17, 15) is 51.7 Å². The number of primary amides is 1. The van der Waals surface area contributed by atoms with Crippen LogP contribution < -0.4 is 11.1 Å². The Morgan fingerprint density at radius 2 is 1.87 bits per heavy atom. The van der Waals surface area contributed by atoms with Crippen molar-refractivity contribution in [2.45, 2.75) is 43.6 Å². The van der Waals surface area contributed by atoms with Gasteiger partial charge < -0.3 is 21.3 Å². The number of aliphatic hydroxyl groups is 1. The molecule has 2 saturated carbocycles. The number of halogens is 4. The first-order chi connectivity index (χ1) is 21.0. The number of pyridine rings is 1. The topological polar surface area (TPSA) is 180 Å². The third kappa shape index (κ3) is 5.32. The Kier molecular flexibility index (Phi) is 8.17. The fourth-order valence-electron chi connectivity index (χ4n) is 7.11. The number of hydrogen-bond acceptors (Lipinski definition) is 10. The molecule has 1 aromatic carbocycles. The number of nitrogens with two attached hydrogens (primary N) is 1. The van der Waals surface area contributed by atoms with Gasteiger partial charge >= 0.3 is 6.18 Å². The highest BCUT2D eigenvalue weighted by atomic mass is 19.4. The van der Waals surface area contributed by atoms with E-state index >= 15 is 0 Å². The molecule has 0 radical (unpaired) electrons. The maximum Gasteiger partial charge on any atom is 0.390 e. The van der Waals surface area contributed by atoms with Crippen molar-refractivity contribution in [3.8, 4) is 16.9 Å². The van der Waals surface area contributed by atoms with Gasteiger partial charge in [0.15, 0.2) is 34.7 Å². The van der Waals surface area contributed by atoms with Gasteiger partial charge in [0.2, 0.25) is 11.9 Å². The molecule has 15 heteroatoms. The lowest BCUT2D eigenvalue weighted by Crippen LogP contribution is -2.74. The number of likely N-dealkylation sites (N-methyl/N-ethyl adjacent to an activating group) is 1. The molecule has 2 fully saturated rings. The number of fused-ring (bicyclic) bond motifs is 3. The van der Waals surface area contributed by atoms with Gasteiger partial charge in [0.25, 0.3) is 0 Å². The molecule has 2 unspecified atom stereocenters. The van der Waals surface area contributed by atoms with Crippen LogP contribution >= 0.6 is 0 Å². The van der Waals surface area contributed by atoms with Crippen LogP contribution in [0, 0.1) is 29.6 Å². The highest BCUT2D eigenvalue weighted by Gasteiger charge is 2.69. The quantitative estimate of drug-likeness (QED) is 0.149. The summed E-state index contributed by atoms with van der Waals surface area (Å²) in [6.45, 7) is -0.822. The fraction of sp³-hybridized carbons (Fsp3) is 0.467. The van der Waals surface area contributed by atoms with Gasteiger partial charge in [0, 0.05) is 36.3 Å². The maximum absolute atomic E-state index is 14.1. The number of carbonyl (C=O) groups excluding carboxylic acids is 5. The standard InChI is InChI=1S/C30H30F4N4O7/c1-38(2)22-17-9-13-7-16-15(12-3-4-18(31)37-11-12)8-14(10-36-6-5-29(32,33)34)23(39)20(16)24(40)19(13)26(42)30(17,45)27(43)21(25(22)41)28(35)44/h3-4,8,11,13,17,19,21-22,36,39,45H,5-7,9-10H2,1-2H3,(H2,35,44)/t13-,17-,19?,21?,22-,30-/m0/s1. The number of aromatic nitrogens is 1. The van der Waals surface area contributed by atoms with Crippen LogP contribution in [0.2, 0.25) is 0 Å². The van der Waals surface area contributed by atoms with Crippen molar-refractivity contribution in [3.63, 3.8) is 0 Å². The second kappa shape index (κ2) is 11.4. The first-order valence-corrected chi connectivity index (χ1v) is 14.1. The zero-order valence-electron chi connectivity index (χ0n) is 24.2. The van der Waals surface area contributed by atoms with Crippen molar-refractivity contribution in [1.82, 2.24) is 15.2 Å². The Morgan fingerprint density at radius 1 is 1.18 bits per heavy atom. The number of amides is 1. The molecule has 11 nitrogen and oxygen atoms in total. The molecule has 1 aromatic heterocycles. The zero-order valence-corrected chi connectivity index (χ0v) is 24.2. The molecule has 0 spiro atoms. The Hall–Kier alpha value is -4.08. The molecule has 3 aliphatic rings. The molecule has 240 valence electrons. The van der Waals surface area contributed by atoms with Crippen LogP contribution in [0.25, 0.3) is 11.1 Å². The lowest BCUT2D eigenvalue weighted by molar-refractivity contribution is -0.181. The summed E-state index contributed by atoms with van der Waals surface area (Å²) in [5.41, 5.74) is 2.95. The van der Waals surface area contributed by atoms with Crippen molar-refractivity contribution < 1.29 is 51.7 Å². The number of phenols is 1. The van der Waals surface area contributed by atoms with Gasteiger partial charge in [-0.3, -0.25) is 28.9 Å². The summed E-state index contributed by atoms with van der Waals surface area (Å²) >= 11 is 0. The van der Waals surface area contributed by atoms with E-state index < -0.39 is 95.2 Å². The van der Waals surface area contributed by atoms with Crippen molar-refractivity contribution in [2.24, 2.45) is 29.4 Å². The Balaban J connectivity index is 1.63. The Labute approximate surface area is 253 Å². The van der Waals surface area contributed by atoms with E-state index in [0.29, 0.717) is 11.1 Å². The molecule has 0 aliphatic heterocycles. The van der Waals surface area contributed by atoms with Crippen molar-refractivity contribution in [1.29, 1.82) is 0 Å². The highest BCUT2D eigenvalue weighted by Crippen LogP contribution is 2.52. The number of benzene rings is 1. The number of carbonyl (C=O) groups is 5. The molecule has 1 amide bonds. The summed E-state index contributed by atoms with van der Waals surface area (Å²) in [5, 5.41) is 25.6. The minimum atomic E-state index is -4.44. The number of phenolic OH excluding ortho intramolecular Hbond substituents is 1.